The molecule has 152 valence electrons. The summed E-state index contributed by atoms with van der Waals surface area (Å²) in [7, 11) is 0. The van der Waals surface area contributed by atoms with Gasteiger partial charge in [0.15, 0.2) is 6.61 Å². The highest BCUT2D eigenvalue weighted by Crippen LogP contribution is 2.36. The third-order valence-electron chi connectivity index (χ3n) is 6.08. The molecule has 2 N–H and O–H groups in total. The monoisotopic (exact) mass is 390 g/mol. The van der Waals surface area contributed by atoms with Gasteiger partial charge in [0, 0.05) is 0 Å². The maximum Gasteiger partial charge on any atom is 0.326 e. The highest BCUT2D eigenvalue weighted by Gasteiger charge is 2.52. The molecule has 1 saturated heterocycles. The summed E-state index contributed by atoms with van der Waals surface area (Å²) in [5.41, 5.74) is -1.80. The van der Waals surface area contributed by atoms with Gasteiger partial charge in [0.2, 0.25) is 0 Å². The van der Waals surface area contributed by atoms with Gasteiger partial charge in [0.05, 0.1) is 6.07 Å². The number of carbonyl (C=O) groups is 4. The first-order chi connectivity index (χ1) is 13.3. The minimum Gasteiger partial charge on any atom is -0.454 e. The number of carbonyl (C=O) groups excluding carboxylic acids is 4. The number of nitrogens with zero attached hydrogens (tertiary/aromatic N) is 2. The number of imide groups is 1. The summed E-state index contributed by atoms with van der Waals surface area (Å²) >= 11 is 0. The lowest BCUT2D eigenvalue weighted by molar-refractivity contribution is -0.151. The molecule has 0 radical (unpaired) electrons. The second-order valence-electron chi connectivity index (χ2n) is 8.20. The highest BCUT2D eigenvalue weighted by atomic mass is 16.5. The molecule has 3 rings (SSSR count). The van der Waals surface area contributed by atoms with Crippen LogP contribution in [0.5, 0.6) is 0 Å². The summed E-state index contributed by atoms with van der Waals surface area (Å²) in [6.07, 6.45) is 5.67. The zero-order valence-electron chi connectivity index (χ0n) is 16.1. The Kier molecular flexibility index (Phi) is 5.59. The Labute approximate surface area is 163 Å². The summed E-state index contributed by atoms with van der Waals surface area (Å²) in [6, 6.07) is 1.52. The predicted octanol–water partition coefficient (Wildman–Crippen LogP) is 0.983. The number of nitrogens with one attached hydrogen (secondary N) is 2. The van der Waals surface area contributed by atoms with Crippen LogP contribution in [-0.2, 0) is 19.1 Å². The van der Waals surface area contributed by atoms with Crippen molar-refractivity contribution >= 4 is 23.8 Å². The lowest BCUT2D eigenvalue weighted by Gasteiger charge is -2.33. The summed E-state index contributed by atoms with van der Waals surface area (Å²) < 4.78 is 4.92. The first kappa shape index (κ1) is 20.1. The van der Waals surface area contributed by atoms with E-state index in [4.69, 9.17) is 4.74 Å². The van der Waals surface area contributed by atoms with E-state index < -0.39 is 48.0 Å². The molecule has 4 amide bonds. The maximum absolute atomic E-state index is 12.7. The van der Waals surface area contributed by atoms with E-state index in [2.05, 4.69) is 23.6 Å². The summed E-state index contributed by atoms with van der Waals surface area (Å²) in [5.74, 6) is -1.30. The van der Waals surface area contributed by atoms with Gasteiger partial charge in [-0.3, -0.25) is 19.3 Å². The van der Waals surface area contributed by atoms with Crippen LogP contribution in [0.25, 0.3) is 0 Å². The zero-order chi connectivity index (χ0) is 20.4. The van der Waals surface area contributed by atoms with Crippen molar-refractivity contribution in [2.45, 2.75) is 69.4 Å². The van der Waals surface area contributed by atoms with E-state index in [1.807, 2.05) is 0 Å². The van der Waals surface area contributed by atoms with Gasteiger partial charge in [-0.25, -0.2) is 4.79 Å². The molecule has 0 aromatic rings. The fraction of sp³-hybridized carbons (Fsp3) is 0.737. The van der Waals surface area contributed by atoms with Crippen molar-refractivity contribution < 1.29 is 23.9 Å². The molecule has 1 spiro atoms. The second kappa shape index (κ2) is 7.78. The number of ether oxygens (including phenoxy) is 1. The van der Waals surface area contributed by atoms with Crippen LogP contribution in [-0.4, -0.2) is 52.9 Å². The van der Waals surface area contributed by atoms with E-state index in [1.165, 1.54) is 0 Å². The summed E-state index contributed by atoms with van der Waals surface area (Å²) in [5, 5.41) is 14.6. The smallest absolute Gasteiger partial charge is 0.326 e. The minimum atomic E-state index is -0.914. The van der Waals surface area contributed by atoms with Gasteiger partial charge in [0.1, 0.15) is 17.6 Å². The van der Waals surface area contributed by atoms with Gasteiger partial charge in [0.25, 0.3) is 11.8 Å². The van der Waals surface area contributed by atoms with E-state index in [9.17, 15) is 24.4 Å². The van der Waals surface area contributed by atoms with Crippen molar-refractivity contribution in [3.05, 3.63) is 0 Å². The zero-order valence-corrected chi connectivity index (χ0v) is 16.1. The molecule has 0 atom stereocenters. The number of esters is 1. The van der Waals surface area contributed by atoms with Crippen LogP contribution in [0.4, 0.5) is 4.79 Å². The van der Waals surface area contributed by atoms with Crippen LogP contribution < -0.4 is 10.6 Å². The average molecular weight is 390 g/mol. The first-order valence-electron chi connectivity index (χ1n) is 9.81. The minimum absolute atomic E-state index is 0.403. The Morgan fingerprint density at radius 3 is 2.50 bits per heavy atom. The maximum atomic E-state index is 12.7. The molecule has 3 aliphatic rings. The van der Waals surface area contributed by atoms with Crippen molar-refractivity contribution in [2.24, 2.45) is 5.92 Å². The van der Waals surface area contributed by atoms with Gasteiger partial charge in [-0.15, -0.1) is 0 Å². The topological polar surface area (TPSA) is 129 Å². The lowest BCUT2D eigenvalue weighted by atomic mass is 9.77. The lowest BCUT2D eigenvalue weighted by Crippen LogP contribution is -2.49. The molecular formula is C19H26N4O5. The Hall–Kier alpha value is -2.63. The van der Waals surface area contributed by atoms with Gasteiger partial charge in [-0.2, -0.15) is 5.26 Å². The SMILES string of the molecule is CC1CCC2(CC1)NC(=O)N(CC(=O)OCC(=O)NC1(C#N)CCCC1)C2=O. The van der Waals surface area contributed by atoms with Crippen LogP contribution in [0.15, 0.2) is 0 Å². The molecule has 0 unspecified atom stereocenters. The Balaban J connectivity index is 1.49. The molecule has 0 aromatic heterocycles. The van der Waals surface area contributed by atoms with Crippen LogP contribution in [0.2, 0.25) is 0 Å². The molecule has 1 heterocycles. The number of hydrogen-bond acceptors (Lipinski definition) is 6. The Morgan fingerprint density at radius 2 is 1.89 bits per heavy atom. The molecule has 1 aliphatic heterocycles. The standard InChI is InChI=1S/C19H26N4O5/c1-13-4-8-19(9-5-13)16(26)23(17(27)22-19)10-15(25)28-11-14(24)21-18(12-20)6-2-3-7-18/h13H,2-11H2,1H3,(H,21,24)(H,22,27). The molecule has 2 saturated carbocycles. The van der Waals surface area contributed by atoms with E-state index >= 15 is 0 Å². The highest BCUT2D eigenvalue weighted by molar-refractivity contribution is 6.08. The fourth-order valence-electron chi connectivity index (χ4n) is 4.28. The first-order valence-corrected chi connectivity index (χ1v) is 9.81. The molecule has 9 nitrogen and oxygen atoms in total. The number of urea groups is 1. The molecule has 2 aliphatic carbocycles. The molecular weight excluding hydrogens is 364 g/mol. The number of nitriles is 1. The van der Waals surface area contributed by atoms with Crippen LogP contribution >= 0.6 is 0 Å². The van der Waals surface area contributed by atoms with Gasteiger partial charge in [-0.05, 0) is 57.3 Å². The van der Waals surface area contributed by atoms with Crippen molar-refractivity contribution in [2.75, 3.05) is 13.2 Å². The van der Waals surface area contributed by atoms with Crippen molar-refractivity contribution in [3.63, 3.8) is 0 Å². The fourth-order valence-corrected chi connectivity index (χ4v) is 4.28. The molecule has 28 heavy (non-hydrogen) atoms. The summed E-state index contributed by atoms with van der Waals surface area (Å²) in [4.78, 5) is 49.8. The number of amides is 4. The largest absolute Gasteiger partial charge is 0.454 e. The van der Waals surface area contributed by atoms with E-state index in [1.54, 1.807) is 0 Å². The quantitative estimate of drug-likeness (QED) is 0.532. The van der Waals surface area contributed by atoms with Crippen LogP contribution in [0, 0.1) is 17.2 Å². The molecule has 0 bridgehead atoms. The number of rotatable bonds is 5. The average Bonchev–Trinajstić information content (AvgIpc) is 3.22. The third-order valence-corrected chi connectivity index (χ3v) is 6.08. The third kappa shape index (κ3) is 3.96. The van der Waals surface area contributed by atoms with Crippen molar-refractivity contribution in [1.82, 2.24) is 15.5 Å². The van der Waals surface area contributed by atoms with Gasteiger partial charge >= 0.3 is 12.0 Å². The molecule has 9 heteroatoms. The van der Waals surface area contributed by atoms with E-state index in [0.29, 0.717) is 31.6 Å². The normalized spacial score (nSPS) is 28.7. The second-order valence-corrected chi connectivity index (χ2v) is 8.20. The molecule has 3 fully saturated rings. The predicted molar refractivity (Wildman–Crippen MR) is 96.5 cm³/mol. The van der Waals surface area contributed by atoms with Gasteiger partial charge < -0.3 is 15.4 Å². The number of hydrogen-bond donors (Lipinski definition) is 2. The van der Waals surface area contributed by atoms with E-state index in [-0.39, 0.29) is 0 Å². The van der Waals surface area contributed by atoms with Crippen LogP contribution in [0.3, 0.4) is 0 Å². The van der Waals surface area contributed by atoms with Crippen molar-refractivity contribution in [1.29, 1.82) is 5.26 Å². The summed E-state index contributed by atoms with van der Waals surface area (Å²) in [6.45, 7) is 1.03. The van der Waals surface area contributed by atoms with Gasteiger partial charge in [-0.1, -0.05) is 6.92 Å². The molecule has 0 aromatic carbocycles. The Morgan fingerprint density at radius 1 is 1.25 bits per heavy atom. The Bertz CT molecular complexity index is 714. The van der Waals surface area contributed by atoms with Crippen molar-refractivity contribution in [3.8, 4) is 6.07 Å². The van der Waals surface area contributed by atoms with E-state index in [0.717, 1.165) is 30.6 Å². The van der Waals surface area contributed by atoms with Crippen LogP contribution in [0.1, 0.15) is 58.3 Å².